The highest BCUT2D eigenvalue weighted by atomic mass is 16.5. The third-order valence-electron chi connectivity index (χ3n) is 4.47. The van der Waals surface area contributed by atoms with Gasteiger partial charge in [0.15, 0.2) is 5.78 Å². The van der Waals surface area contributed by atoms with Crippen molar-refractivity contribution in [3.05, 3.63) is 45.8 Å². The Morgan fingerprint density at radius 3 is 2.32 bits per heavy atom. The lowest BCUT2D eigenvalue weighted by Crippen LogP contribution is -2.07. The van der Waals surface area contributed by atoms with E-state index in [-0.39, 0.29) is 5.78 Å². The molecule has 2 aromatic rings. The fourth-order valence-electron chi connectivity index (χ4n) is 3.19. The minimum atomic E-state index is 0.207. The normalized spacial score (nSPS) is 11.2. The van der Waals surface area contributed by atoms with Crippen molar-refractivity contribution in [1.29, 1.82) is 0 Å². The first kappa shape index (κ1) is 19.2. The molecule has 4 nitrogen and oxygen atoms in total. The van der Waals surface area contributed by atoms with E-state index >= 15 is 0 Å². The molecule has 0 amide bonds. The van der Waals surface area contributed by atoms with Gasteiger partial charge in [-0.05, 0) is 75.3 Å². The Labute approximate surface area is 151 Å². The van der Waals surface area contributed by atoms with Crippen molar-refractivity contribution < 1.29 is 9.53 Å². The largest absolute Gasteiger partial charge is 0.493 e. The van der Waals surface area contributed by atoms with Gasteiger partial charge in [-0.3, -0.25) is 9.89 Å². The number of hydrogen-bond donors (Lipinski definition) is 1. The average Bonchev–Trinajstić information content (AvgIpc) is 2.84. The predicted octanol–water partition coefficient (Wildman–Crippen LogP) is 4.88. The van der Waals surface area contributed by atoms with Crippen LogP contribution in [0.15, 0.2) is 12.1 Å². The fraction of sp³-hybridized carbons (Fsp3) is 0.524. The number of nitrogens with one attached hydrogen (secondary N) is 1. The molecule has 0 aliphatic heterocycles. The fourth-order valence-corrected chi connectivity index (χ4v) is 3.19. The summed E-state index contributed by atoms with van der Waals surface area (Å²) in [6.07, 6.45) is 2.48. The molecule has 0 unspecified atom stereocenters. The number of nitrogens with zero attached hydrogens (tertiary/aromatic N) is 1. The molecule has 1 heterocycles. The molecule has 0 saturated heterocycles. The van der Waals surface area contributed by atoms with Gasteiger partial charge < -0.3 is 4.74 Å². The van der Waals surface area contributed by atoms with Crippen molar-refractivity contribution in [2.24, 2.45) is 5.92 Å². The molecule has 0 aliphatic carbocycles. The molecule has 0 radical (unpaired) electrons. The van der Waals surface area contributed by atoms with E-state index in [1.807, 2.05) is 32.9 Å². The molecule has 0 aliphatic rings. The number of benzene rings is 1. The van der Waals surface area contributed by atoms with Gasteiger partial charge in [0.2, 0.25) is 0 Å². The van der Waals surface area contributed by atoms with Crippen LogP contribution in [0, 0.1) is 33.6 Å². The molecule has 4 heteroatoms. The lowest BCUT2D eigenvalue weighted by molar-refractivity contribution is 0.0967. The second kappa shape index (κ2) is 8.32. The second-order valence-electron chi connectivity index (χ2n) is 7.32. The zero-order valence-corrected chi connectivity index (χ0v) is 16.3. The molecule has 1 aromatic heterocycles. The van der Waals surface area contributed by atoms with Crippen molar-refractivity contribution >= 4 is 5.78 Å². The van der Waals surface area contributed by atoms with Crippen LogP contribution in [0.3, 0.4) is 0 Å². The Hall–Kier alpha value is -2.10. The van der Waals surface area contributed by atoms with E-state index in [9.17, 15) is 4.79 Å². The molecule has 0 atom stereocenters. The average molecular weight is 342 g/mol. The van der Waals surface area contributed by atoms with Gasteiger partial charge >= 0.3 is 0 Å². The summed E-state index contributed by atoms with van der Waals surface area (Å²) in [5.41, 5.74) is 6.34. The van der Waals surface area contributed by atoms with Gasteiger partial charge in [-0.15, -0.1) is 0 Å². The number of hydrogen-bond acceptors (Lipinski definition) is 3. The van der Waals surface area contributed by atoms with Crippen LogP contribution in [-0.4, -0.2) is 22.6 Å². The highest BCUT2D eigenvalue weighted by molar-refractivity contribution is 5.96. The zero-order chi connectivity index (χ0) is 18.6. The third kappa shape index (κ3) is 4.94. The summed E-state index contributed by atoms with van der Waals surface area (Å²) < 4.78 is 6.02. The minimum Gasteiger partial charge on any atom is -0.493 e. The Bertz CT molecular complexity index is 702. The number of ether oxygens (including phenoxy) is 1. The molecular weight excluding hydrogens is 312 g/mol. The standard InChI is InChI=1S/C21H30N2O2/c1-13(2)10-20(24)18-11-14(3)21(15(4)12-18)25-9-7-8-19-16(5)22-23-17(19)6/h11-13H,7-10H2,1-6H3,(H,22,23). The Kier molecular flexibility index (Phi) is 6.40. The van der Waals surface area contributed by atoms with E-state index in [0.29, 0.717) is 18.9 Å². The van der Waals surface area contributed by atoms with Gasteiger partial charge in [-0.25, -0.2) is 0 Å². The zero-order valence-electron chi connectivity index (χ0n) is 16.3. The molecule has 25 heavy (non-hydrogen) atoms. The number of H-pyrrole nitrogens is 1. The van der Waals surface area contributed by atoms with E-state index in [0.717, 1.165) is 46.7 Å². The second-order valence-corrected chi connectivity index (χ2v) is 7.32. The summed E-state index contributed by atoms with van der Waals surface area (Å²) in [6.45, 7) is 12.9. The summed E-state index contributed by atoms with van der Waals surface area (Å²) >= 11 is 0. The Morgan fingerprint density at radius 1 is 1.16 bits per heavy atom. The molecule has 0 spiro atoms. The number of ketones is 1. The van der Waals surface area contributed by atoms with Gasteiger partial charge in [0.1, 0.15) is 5.75 Å². The number of carbonyl (C=O) groups is 1. The van der Waals surface area contributed by atoms with Crippen LogP contribution in [0.25, 0.3) is 0 Å². The molecule has 1 N–H and O–H groups in total. The smallest absolute Gasteiger partial charge is 0.163 e. The predicted molar refractivity (Wildman–Crippen MR) is 102 cm³/mol. The SMILES string of the molecule is Cc1cc(C(=O)CC(C)C)cc(C)c1OCCCc1c(C)n[nH]c1C. The van der Waals surface area contributed by atoms with Crippen molar-refractivity contribution in [3.8, 4) is 5.75 Å². The van der Waals surface area contributed by atoms with Crippen LogP contribution >= 0.6 is 0 Å². The molecule has 136 valence electrons. The Morgan fingerprint density at radius 2 is 1.80 bits per heavy atom. The van der Waals surface area contributed by atoms with Gasteiger partial charge in [0.05, 0.1) is 12.3 Å². The quantitative estimate of drug-likeness (QED) is 0.549. The van der Waals surface area contributed by atoms with Gasteiger partial charge in [-0.2, -0.15) is 5.10 Å². The van der Waals surface area contributed by atoms with Crippen LogP contribution in [0.4, 0.5) is 0 Å². The number of carbonyl (C=O) groups excluding carboxylic acids is 1. The minimum absolute atomic E-state index is 0.207. The van der Waals surface area contributed by atoms with Crippen LogP contribution in [-0.2, 0) is 6.42 Å². The number of aryl methyl sites for hydroxylation is 4. The van der Waals surface area contributed by atoms with E-state index in [1.165, 1.54) is 5.56 Å². The Balaban J connectivity index is 1.97. The maximum absolute atomic E-state index is 12.3. The number of Topliss-reactive ketones (excluding diaryl/α,β-unsaturated/α-hetero) is 1. The van der Waals surface area contributed by atoms with Gasteiger partial charge in [0.25, 0.3) is 0 Å². The molecule has 2 rings (SSSR count). The maximum atomic E-state index is 12.3. The van der Waals surface area contributed by atoms with Crippen LogP contribution < -0.4 is 4.74 Å². The van der Waals surface area contributed by atoms with E-state index in [2.05, 4.69) is 31.0 Å². The van der Waals surface area contributed by atoms with Gasteiger partial charge in [0, 0.05) is 17.7 Å². The van der Waals surface area contributed by atoms with Crippen LogP contribution in [0.1, 0.15) is 65.1 Å². The summed E-state index contributed by atoms with van der Waals surface area (Å²) in [6, 6.07) is 3.91. The van der Waals surface area contributed by atoms with Crippen molar-refractivity contribution in [1.82, 2.24) is 10.2 Å². The highest BCUT2D eigenvalue weighted by Crippen LogP contribution is 2.26. The lowest BCUT2D eigenvalue weighted by atomic mass is 9.97. The molecule has 0 bridgehead atoms. The molecule has 0 saturated carbocycles. The first-order valence-corrected chi connectivity index (χ1v) is 9.07. The number of aromatic nitrogens is 2. The summed E-state index contributed by atoms with van der Waals surface area (Å²) in [5, 5.41) is 7.25. The third-order valence-corrected chi connectivity index (χ3v) is 4.47. The monoisotopic (exact) mass is 342 g/mol. The van der Waals surface area contributed by atoms with E-state index in [4.69, 9.17) is 4.74 Å². The van der Waals surface area contributed by atoms with Crippen molar-refractivity contribution in [2.45, 2.75) is 60.8 Å². The van der Waals surface area contributed by atoms with Gasteiger partial charge in [-0.1, -0.05) is 13.8 Å². The summed E-state index contributed by atoms with van der Waals surface area (Å²) in [4.78, 5) is 12.3. The maximum Gasteiger partial charge on any atom is 0.163 e. The molecular formula is C21H30N2O2. The van der Waals surface area contributed by atoms with Crippen molar-refractivity contribution in [2.75, 3.05) is 6.61 Å². The first-order valence-electron chi connectivity index (χ1n) is 9.07. The van der Waals surface area contributed by atoms with E-state index < -0.39 is 0 Å². The van der Waals surface area contributed by atoms with E-state index in [1.54, 1.807) is 0 Å². The number of aromatic amines is 1. The number of rotatable bonds is 8. The summed E-state index contributed by atoms with van der Waals surface area (Å²) in [7, 11) is 0. The molecule has 1 aromatic carbocycles. The van der Waals surface area contributed by atoms with Crippen molar-refractivity contribution in [3.63, 3.8) is 0 Å². The highest BCUT2D eigenvalue weighted by Gasteiger charge is 2.13. The van der Waals surface area contributed by atoms with Crippen LogP contribution in [0.5, 0.6) is 5.75 Å². The topological polar surface area (TPSA) is 55.0 Å². The molecule has 0 fully saturated rings. The summed E-state index contributed by atoms with van der Waals surface area (Å²) in [5.74, 6) is 1.49. The first-order chi connectivity index (χ1) is 11.8. The lowest BCUT2D eigenvalue weighted by Gasteiger charge is -2.14. The van der Waals surface area contributed by atoms with Crippen LogP contribution in [0.2, 0.25) is 0 Å².